The summed E-state index contributed by atoms with van der Waals surface area (Å²) in [6.07, 6.45) is 3.78. The van der Waals surface area contributed by atoms with Gasteiger partial charge in [-0.3, -0.25) is 0 Å². The first-order valence-electron chi connectivity index (χ1n) is 8.14. The van der Waals surface area contributed by atoms with E-state index in [9.17, 15) is 0 Å². The van der Waals surface area contributed by atoms with Gasteiger partial charge >= 0.3 is 0 Å². The second-order valence-electron chi connectivity index (χ2n) is 6.02. The van der Waals surface area contributed by atoms with Crippen molar-refractivity contribution in [3.63, 3.8) is 0 Å². The van der Waals surface area contributed by atoms with Gasteiger partial charge < -0.3 is 10.1 Å². The van der Waals surface area contributed by atoms with Crippen molar-refractivity contribution in [2.45, 2.75) is 39.2 Å². The molecule has 0 saturated carbocycles. The average Bonchev–Trinajstić information content (AvgIpc) is 2.99. The Morgan fingerprint density at radius 1 is 1.18 bits per heavy atom. The van der Waals surface area contributed by atoms with E-state index in [0.717, 1.165) is 12.2 Å². The normalized spacial score (nSPS) is 14.6. The van der Waals surface area contributed by atoms with E-state index in [4.69, 9.17) is 4.74 Å². The summed E-state index contributed by atoms with van der Waals surface area (Å²) in [4.78, 5) is 4.34. The van der Waals surface area contributed by atoms with Crippen LogP contribution in [0.3, 0.4) is 0 Å². The van der Waals surface area contributed by atoms with E-state index in [2.05, 4.69) is 35.4 Å². The summed E-state index contributed by atoms with van der Waals surface area (Å²) in [6, 6.07) is 13.1. The fraction of sp³-hybridized carbons (Fsp3) is 0.421. The second kappa shape index (κ2) is 6.93. The van der Waals surface area contributed by atoms with Crippen molar-refractivity contribution in [1.29, 1.82) is 0 Å². The lowest BCUT2D eigenvalue weighted by molar-refractivity contribution is 0.296. The standard InChI is InChI=1S/C19H24N2O/c1-14-5-3-8-19(21-14)22-12-11-20-15(2)17-10-9-16-6-4-7-18(16)13-17/h3,5,8-10,13,15,20H,4,6-7,11-12H2,1-2H3. The van der Waals surface area contributed by atoms with E-state index >= 15 is 0 Å². The predicted octanol–water partition coefficient (Wildman–Crippen LogP) is 3.61. The summed E-state index contributed by atoms with van der Waals surface area (Å²) in [7, 11) is 0. The maximum Gasteiger partial charge on any atom is 0.213 e. The highest BCUT2D eigenvalue weighted by Gasteiger charge is 2.13. The van der Waals surface area contributed by atoms with Crippen molar-refractivity contribution < 1.29 is 4.74 Å². The van der Waals surface area contributed by atoms with Crippen LogP contribution >= 0.6 is 0 Å². The third kappa shape index (κ3) is 3.66. The Morgan fingerprint density at radius 3 is 2.91 bits per heavy atom. The van der Waals surface area contributed by atoms with Gasteiger partial charge in [-0.2, -0.15) is 0 Å². The maximum atomic E-state index is 5.67. The van der Waals surface area contributed by atoms with Gasteiger partial charge in [0.1, 0.15) is 6.61 Å². The van der Waals surface area contributed by atoms with Gasteiger partial charge in [0.25, 0.3) is 0 Å². The molecule has 1 atom stereocenters. The van der Waals surface area contributed by atoms with Crippen LogP contribution in [0.2, 0.25) is 0 Å². The molecule has 0 spiro atoms. The molecule has 0 aliphatic heterocycles. The van der Waals surface area contributed by atoms with Crippen LogP contribution in [-0.2, 0) is 12.8 Å². The van der Waals surface area contributed by atoms with E-state index in [1.807, 2.05) is 25.1 Å². The van der Waals surface area contributed by atoms with E-state index < -0.39 is 0 Å². The zero-order valence-electron chi connectivity index (χ0n) is 13.4. The number of rotatable bonds is 6. The second-order valence-corrected chi connectivity index (χ2v) is 6.02. The smallest absolute Gasteiger partial charge is 0.213 e. The van der Waals surface area contributed by atoms with Gasteiger partial charge in [0.15, 0.2) is 0 Å². The Kier molecular flexibility index (Phi) is 4.74. The monoisotopic (exact) mass is 296 g/mol. The summed E-state index contributed by atoms with van der Waals surface area (Å²) in [6.45, 7) is 5.63. The first-order valence-corrected chi connectivity index (χ1v) is 8.14. The number of benzene rings is 1. The van der Waals surface area contributed by atoms with Crippen LogP contribution in [0, 0.1) is 6.92 Å². The van der Waals surface area contributed by atoms with Crippen LogP contribution in [0.5, 0.6) is 5.88 Å². The van der Waals surface area contributed by atoms with E-state index in [-0.39, 0.29) is 0 Å². The molecule has 0 bridgehead atoms. The molecular formula is C19H24N2O. The first kappa shape index (κ1) is 15.0. The third-order valence-electron chi connectivity index (χ3n) is 4.29. The fourth-order valence-electron chi connectivity index (χ4n) is 3.01. The summed E-state index contributed by atoms with van der Waals surface area (Å²) in [5, 5.41) is 3.52. The van der Waals surface area contributed by atoms with Gasteiger partial charge in [-0.25, -0.2) is 4.98 Å². The zero-order valence-corrected chi connectivity index (χ0v) is 13.4. The number of aryl methyl sites for hydroxylation is 3. The molecule has 22 heavy (non-hydrogen) atoms. The highest BCUT2D eigenvalue weighted by Crippen LogP contribution is 2.25. The number of ether oxygens (including phenoxy) is 1. The van der Waals surface area contributed by atoms with E-state index in [1.54, 1.807) is 0 Å². The Balaban J connectivity index is 1.47. The SMILES string of the molecule is Cc1cccc(OCCNC(C)c2ccc3c(c2)CCC3)n1. The van der Waals surface area contributed by atoms with Gasteiger partial charge in [-0.05, 0) is 55.9 Å². The Hall–Kier alpha value is -1.87. The van der Waals surface area contributed by atoms with Crippen LogP contribution in [-0.4, -0.2) is 18.1 Å². The summed E-state index contributed by atoms with van der Waals surface area (Å²) >= 11 is 0. The Morgan fingerprint density at radius 2 is 2.05 bits per heavy atom. The number of nitrogens with zero attached hydrogens (tertiary/aromatic N) is 1. The molecule has 0 radical (unpaired) electrons. The average molecular weight is 296 g/mol. The number of pyridine rings is 1. The molecule has 3 rings (SSSR count). The zero-order chi connectivity index (χ0) is 15.4. The molecule has 1 aliphatic carbocycles. The Bertz CT molecular complexity index is 639. The van der Waals surface area contributed by atoms with Crippen LogP contribution < -0.4 is 10.1 Å². The minimum atomic E-state index is 0.347. The minimum Gasteiger partial charge on any atom is -0.476 e. The molecule has 1 N–H and O–H groups in total. The molecule has 1 aliphatic rings. The molecule has 1 unspecified atom stereocenters. The highest BCUT2D eigenvalue weighted by molar-refractivity contribution is 5.36. The van der Waals surface area contributed by atoms with Crippen molar-refractivity contribution in [3.8, 4) is 5.88 Å². The summed E-state index contributed by atoms with van der Waals surface area (Å²) in [5.74, 6) is 0.701. The summed E-state index contributed by atoms with van der Waals surface area (Å²) < 4.78 is 5.67. The lowest BCUT2D eigenvalue weighted by atomic mass is 10.0. The first-order chi connectivity index (χ1) is 10.7. The van der Waals surface area contributed by atoms with Crippen LogP contribution in [0.1, 0.15) is 41.8 Å². The van der Waals surface area contributed by atoms with Gasteiger partial charge in [0.2, 0.25) is 5.88 Å². The molecule has 2 aromatic rings. The number of nitrogens with one attached hydrogen (secondary N) is 1. The number of fused-ring (bicyclic) bond motifs is 1. The number of aromatic nitrogens is 1. The van der Waals surface area contributed by atoms with Crippen molar-refractivity contribution in [2.24, 2.45) is 0 Å². The van der Waals surface area contributed by atoms with Gasteiger partial charge in [0, 0.05) is 24.3 Å². The predicted molar refractivity (Wildman–Crippen MR) is 89.4 cm³/mol. The van der Waals surface area contributed by atoms with E-state index in [0.29, 0.717) is 18.5 Å². The fourth-order valence-corrected chi connectivity index (χ4v) is 3.01. The van der Waals surface area contributed by atoms with Crippen LogP contribution in [0.25, 0.3) is 0 Å². The van der Waals surface area contributed by atoms with Crippen molar-refractivity contribution in [3.05, 3.63) is 58.8 Å². The number of hydrogen-bond donors (Lipinski definition) is 1. The van der Waals surface area contributed by atoms with Crippen molar-refractivity contribution in [1.82, 2.24) is 10.3 Å². The lowest BCUT2D eigenvalue weighted by Crippen LogP contribution is -2.24. The topological polar surface area (TPSA) is 34.1 Å². The van der Waals surface area contributed by atoms with Crippen molar-refractivity contribution in [2.75, 3.05) is 13.2 Å². The minimum absolute atomic E-state index is 0.347. The van der Waals surface area contributed by atoms with Crippen molar-refractivity contribution >= 4 is 0 Å². The van der Waals surface area contributed by atoms with Crippen LogP contribution in [0.15, 0.2) is 36.4 Å². The summed E-state index contributed by atoms with van der Waals surface area (Å²) in [5.41, 5.74) is 5.42. The quantitative estimate of drug-likeness (QED) is 0.827. The molecule has 3 heteroatoms. The molecule has 3 nitrogen and oxygen atoms in total. The van der Waals surface area contributed by atoms with Gasteiger partial charge in [-0.15, -0.1) is 0 Å². The molecule has 1 aromatic carbocycles. The van der Waals surface area contributed by atoms with E-state index in [1.165, 1.54) is 36.0 Å². The third-order valence-corrected chi connectivity index (χ3v) is 4.29. The van der Waals surface area contributed by atoms with Gasteiger partial charge in [-0.1, -0.05) is 24.3 Å². The maximum absolute atomic E-state index is 5.67. The molecule has 1 aromatic heterocycles. The van der Waals surface area contributed by atoms with Gasteiger partial charge in [0.05, 0.1) is 0 Å². The lowest BCUT2D eigenvalue weighted by Gasteiger charge is -2.16. The Labute approximate surface area is 132 Å². The highest BCUT2D eigenvalue weighted by atomic mass is 16.5. The molecule has 116 valence electrons. The molecule has 0 fully saturated rings. The molecular weight excluding hydrogens is 272 g/mol. The molecule has 0 saturated heterocycles. The largest absolute Gasteiger partial charge is 0.476 e. The van der Waals surface area contributed by atoms with Crippen LogP contribution in [0.4, 0.5) is 0 Å². The number of hydrogen-bond acceptors (Lipinski definition) is 3. The molecule has 1 heterocycles. The molecule has 0 amide bonds.